The van der Waals surface area contributed by atoms with Gasteiger partial charge in [0.25, 0.3) is 5.56 Å². The average molecular weight is 290 g/mol. The number of H-pyrrole nitrogens is 1. The molecule has 4 heteroatoms. The summed E-state index contributed by atoms with van der Waals surface area (Å²) in [7, 11) is 0. The molecule has 0 saturated carbocycles. The van der Waals surface area contributed by atoms with Gasteiger partial charge in [-0.05, 0) is 49.2 Å². The van der Waals surface area contributed by atoms with Gasteiger partial charge in [0.1, 0.15) is 6.10 Å². The molecular formula is C16H16ClNO2. The molecule has 2 heterocycles. The quantitative estimate of drug-likeness (QED) is 0.873. The van der Waals surface area contributed by atoms with E-state index in [1.807, 2.05) is 38.1 Å². The van der Waals surface area contributed by atoms with Crippen LogP contribution in [0.15, 0.2) is 41.3 Å². The highest BCUT2D eigenvalue weighted by molar-refractivity contribution is 6.30. The Balaban J connectivity index is 2.19. The predicted octanol–water partition coefficient (Wildman–Crippen LogP) is 3.47. The zero-order chi connectivity index (χ0) is 14.3. The number of halogens is 1. The smallest absolute Gasteiger partial charge is 0.254 e. The molecule has 1 unspecified atom stereocenters. The van der Waals surface area contributed by atoms with Gasteiger partial charge in [0.15, 0.2) is 0 Å². The van der Waals surface area contributed by atoms with Crippen LogP contribution in [-0.2, 0) is 11.2 Å². The highest BCUT2D eigenvalue weighted by Gasteiger charge is 2.34. The van der Waals surface area contributed by atoms with E-state index in [0.29, 0.717) is 10.6 Å². The molecule has 0 saturated heterocycles. The van der Waals surface area contributed by atoms with Gasteiger partial charge >= 0.3 is 0 Å². The van der Waals surface area contributed by atoms with Crippen LogP contribution in [0.1, 0.15) is 36.6 Å². The summed E-state index contributed by atoms with van der Waals surface area (Å²) in [5.41, 5.74) is 2.34. The standard InChI is InChI=1S/C16H16ClNO2/c1-16(2)9-10-5-6-11(17)8-13(10)14(20-16)12-4-3-7-18-15(12)19/h3-8,14H,9H2,1-2H3,(H,18,19). The van der Waals surface area contributed by atoms with Gasteiger partial charge in [0.2, 0.25) is 0 Å². The van der Waals surface area contributed by atoms with E-state index in [-0.39, 0.29) is 17.3 Å². The van der Waals surface area contributed by atoms with Crippen molar-refractivity contribution >= 4 is 11.6 Å². The Kier molecular flexibility index (Phi) is 3.19. The van der Waals surface area contributed by atoms with Crippen molar-refractivity contribution < 1.29 is 4.74 Å². The maximum absolute atomic E-state index is 12.1. The van der Waals surface area contributed by atoms with Crippen molar-refractivity contribution in [1.29, 1.82) is 0 Å². The molecule has 104 valence electrons. The summed E-state index contributed by atoms with van der Waals surface area (Å²) in [6, 6.07) is 9.41. The van der Waals surface area contributed by atoms with Crippen molar-refractivity contribution in [3.05, 3.63) is 68.6 Å². The van der Waals surface area contributed by atoms with Crippen LogP contribution in [-0.4, -0.2) is 10.6 Å². The number of rotatable bonds is 1. The minimum atomic E-state index is -0.377. The van der Waals surface area contributed by atoms with Crippen molar-refractivity contribution in [1.82, 2.24) is 4.98 Å². The first kappa shape index (κ1) is 13.4. The van der Waals surface area contributed by atoms with Crippen LogP contribution in [0, 0.1) is 0 Å². The average Bonchev–Trinajstić information content (AvgIpc) is 2.38. The summed E-state index contributed by atoms with van der Waals surface area (Å²) < 4.78 is 6.14. The lowest BCUT2D eigenvalue weighted by Gasteiger charge is -2.37. The maximum Gasteiger partial charge on any atom is 0.254 e. The minimum absolute atomic E-state index is 0.124. The van der Waals surface area contributed by atoms with Gasteiger partial charge in [-0.15, -0.1) is 0 Å². The van der Waals surface area contributed by atoms with Gasteiger partial charge in [-0.3, -0.25) is 4.79 Å². The molecule has 0 bridgehead atoms. The second-order valence-corrected chi connectivity index (χ2v) is 6.17. The first-order valence-electron chi connectivity index (χ1n) is 6.60. The third-order valence-electron chi connectivity index (χ3n) is 3.57. The molecule has 2 aromatic rings. The molecular weight excluding hydrogens is 274 g/mol. The van der Waals surface area contributed by atoms with Crippen LogP contribution < -0.4 is 5.56 Å². The van der Waals surface area contributed by atoms with Crippen LogP contribution in [0.2, 0.25) is 5.02 Å². The first-order chi connectivity index (χ1) is 9.46. The lowest BCUT2D eigenvalue weighted by Crippen LogP contribution is -2.36. The lowest BCUT2D eigenvalue weighted by atomic mass is 9.86. The number of pyridine rings is 1. The van der Waals surface area contributed by atoms with Gasteiger partial charge in [-0.1, -0.05) is 17.7 Å². The molecule has 1 aliphatic heterocycles. The summed E-state index contributed by atoms with van der Waals surface area (Å²) in [4.78, 5) is 14.8. The number of fused-ring (bicyclic) bond motifs is 1. The Morgan fingerprint density at radius 3 is 2.85 bits per heavy atom. The number of hydrogen-bond acceptors (Lipinski definition) is 2. The third-order valence-corrected chi connectivity index (χ3v) is 3.81. The molecule has 0 radical (unpaired) electrons. The zero-order valence-corrected chi connectivity index (χ0v) is 12.2. The van der Waals surface area contributed by atoms with Crippen LogP contribution in [0.3, 0.4) is 0 Å². The van der Waals surface area contributed by atoms with Gasteiger partial charge in [-0.25, -0.2) is 0 Å². The Hall–Kier alpha value is -1.58. The van der Waals surface area contributed by atoms with Gasteiger partial charge in [-0.2, -0.15) is 0 Å². The van der Waals surface area contributed by atoms with E-state index >= 15 is 0 Å². The monoisotopic (exact) mass is 289 g/mol. The van der Waals surface area contributed by atoms with E-state index in [1.54, 1.807) is 12.3 Å². The topological polar surface area (TPSA) is 42.1 Å². The van der Waals surface area contributed by atoms with Crippen LogP contribution >= 0.6 is 11.6 Å². The molecule has 1 N–H and O–H groups in total. The Bertz CT molecular complexity index is 706. The Morgan fingerprint density at radius 2 is 2.10 bits per heavy atom. The molecule has 3 rings (SSSR count). The van der Waals surface area contributed by atoms with E-state index in [9.17, 15) is 4.79 Å². The molecule has 1 aromatic heterocycles. The zero-order valence-electron chi connectivity index (χ0n) is 11.4. The van der Waals surface area contributed by atoms with E-state index < -0.39 is 0 Å². The van der Waals surface area contributed by atoms with Gasteiger partial charge in [0, 0.05) is 17.6 Å². The summed E-state index contributed by atoms with van der Waals surface area (Å²) in [6.45, 7) is 4.07. The molecule has 0 fully saturated rings. The number of nitrogens with one attached hydrogen (secondary N) is 1. The molecule has 0 amide bonds. The maximum atomic E-state index is 12.1. The number of aromatic amines is 1. The summed E-state index contributed by atoms with van der Waals surface area (Å²) in [5.74, 6) is 0. The van der Waals surface area contributed by atoms with Gasteiger partial charge < -0.3 is 9.72 Å². The third kappa shape index (κ3) is 2.39. The molecule has 0 aliphatic carbocycles. The summed E-state index contributed by atoms with van der Waals surface area (Å²) in [6.07, 6.45) is 2.05. The fraction of sp³-hybridized carbons (Fsp3) is 0.312. The molecule has 1 aromatic carbocycles. The summed E-state index contributed by atoms with van der Waals surface area (Å²) in [5, 5.41) is 0.657. The minimum Gasteiger partial charge on any atom is -0.362 e. The fourth-order valence-corrected chi connectivity index (χ4v) is 2.91. The van der Waals surface area contributed by atoms with E-state index in [4.69, 9.17) is 16.3 Å². The van der Waals surface area contributed by atoms with E-state index in [0.717, 1.165) is 12.0 Å². The van der Waals surface area contributed by atoms with Crippen molar-refractivity contribution in [2.75, 3.05) is 0 Å². The predicted molar refractivity (Wildman–Crippen MR) is 79.2 cm³/mol. The number of benzene rings is 1. The second kappa shape index (κ2) is 4.76. The number of ether oxygens (including phenoxy) is 1. The fourth-order valence-electron chi connectivity index (χ4n) is 2.73. The Morgan fingerprint density at radius 1 is 1.30 bits per heavy atom. The second-order valence-electron chi connectivity index (χ2n) is 5.73. The SMILES string of the molecule is CC1(C)Cc2ccc(Cl)cc2C(c2ccc[nH]c2=O)O1. The highest BCUT2D eigenvalue weighted by Crippen LogP contribution is 2.39. The largest absolute Gasteiger partial charge is 0.362 e. The normalized spacial score (nSPS) is 20.4. The molecule has 0 spiro atoms. The van der Waals surface area contributed by atoms with Crippen LogP contribution in [0.5, 0.6) is 0 Å². The Labute approximate surface area is 122 Å². The lowest BCUT2D eigenvalue weighted by molar-refractivity contribution is -0.0673. The highest BCUT2D eigenvalue weighted by atomic mass is 35.5. The van der Waals surface area contributed by atoms with Crippen LogP contribution in [0.25, 0.3) is 0 Å². The first-order valence-corrected chi connectivity index (χ1v) is 6.98. The molecule has 20 heavy (non-hydrogen) atoms. The summed E-state index contributed by atoms with van der Waals surface area (Å²) >= 11 is 6.10. The molecule has 1 atom stereocenters. The van der Waals surface area contributed by atoms with E-state index in [2.05, 4.69) is 4.98 Å². The van der Waals surface area contributed by atoms with E-state index in [1.165, 1.54) is 5.56 Å². The van der Waals surface area contributed by atoms with Crippen molar-refractivity contribution in [3.63, 3.8) is 0 Å². The number of aromatic nitrogens is 1. The van der Waals surface area contributed by atoms with Gasteiger partial charge in [0.05, 0.1) is 11.2 Å². The molecule has 3 nitrogen and oxygen atoms in total. The van der Waals surface area contributed by atoms with Crippen molar-refractivity contribution in [2.45, 2.75) is 32.0 Å². The van der Waals surface area contributed by atoms with Crippen molar-refractivity contribution in [2.24, 2.45) is 0 Å². The number of hydrogen-bond donors (Lipinski definition) is 1. The van der Waals surface area contributed by atoms with Crippen LogP contribution in [0.4, 0.5) is 0 Å². The molecule has 1 aliphatic rings. The van der Waals surface area contributed by atoms with Crippen molar-refractivity contribution in [3.8, 4) is 0 Å².